The molecule has 0 saturated heterocycles. The zero-order valence-corrected chi connectivity index (χ0v) is 8.42. The van der Waals surface area contributed by atoms with Gasteiger partial charge < -0.3 is 5.73 Å². The molecule has 1 aliphatic rings. The summed E-state index contributed by atoms with van der Waals surface area (Å²) >= 11 is 7.48. The fraction of sp³-hybridized carbons (Fsp3) is 0.556. The Morgan fingerprint density at radius 3 is 2.75 bits per heavy atom. The average Bonchev–Trinajstić information content (AvgIpc) is 2.60. The van der Waals surface area contributed by atoms with E-state index in [1.165, 1.54) is 17.7 Å². The molecule has 1 heterocycles. The van der Waals surface area contributed by atoms with E-state index >= 15 is 0 Å². The molecule has 66 valence electrons. The van der Waals surface area contributed by atoms with Gasteiger partial charge in [0.15, 0.2) is 0 Å². The van der Waals surface area contributed by atoms with E-state index in [1.807, 2.05) is 6.07 Å². The molecule has 0 aliphatic heterocycles. The second kappa shape index (κ2) is 3.02. The summed E-state index contributed by atoms with van der Waals surface area (Å²) in [5.41, 5.74) is 6.15. The molecule has 1 aliphatic carbocycles. The number of hydrogen-bond acceptors (Lipinski definition) is 2. The minimum Gasteiger partial charge on any atom is -0.325 e. The van der Waals surface area contributed by atoms with Gasteiger partial charge in [0.2, 0.25) is 0 Å². The number of nitrogens with two attached hydrogens (primary N) is 1. The van der Waals surface area contributed by atoms with E-state index in [2.05, 4.69) is 6.07 Å². The van der Waals surface area contributed by atoms with Crippen molar-refractivity contribution in [3.05, 3.63) is 21.3 Å². The van der Waals surface area contributed by atoms with Crippen molar-refractivity contribution in [2.24, 2.45) is 5.73 Å². The Kier molecular flexibility index (Phi) is 2.15. The summed E-state index contributed by atoms with van der Waals surface area (Å²) in [6.07, 6.45) is 4.61. The molecule has 2 N–H and O–H groups in total. The predicted octanol–water partition coefficient (Wildman–Crippen LogP) is 2.83. The summed E-state index contributed by atoms with van der Waals surface area (Å²) in [5, 5.41) is 0. The van der Waals surface area contributed by atoms with Crippen molar-refractivity contribution >= 4 is 22.9 Å². The van der Waals surface area contributed by atoms with Crippen LogP contribution in [-0.4, -0.2) is 5.54 Å². The van der Waals surface area contributed by atoms with Crippen molar-refractivity contribution in [2.75, 3.05) is 0 Å². The molecule has 0 unspecified atom stereocenters. The first-order valence-electron chi connectivity index (χ1n) is 4.21. The van der Waals surface area contributed by atoms with Gasteiger partial charge in [0.1, 0.15) is 0 Å². The van der Waals surface area contributed by atoms with Crippen LogP contribution < -0.4 is 5.73 Å². The molecule has 1 saturated carbocycles. The minimum absolute atomic E-state index is 0.177. The van der Waals surface area contributed by atoms with E-state index in [4.69, 9.17) is 17.3 Å². The first-order valence-corrected chi connectivity index (χ1v) is 5.41. The number of thiophene rings is 1. The lowest BCUT2D eigenvalue weighted by Crippen LogP contribution is -2.21. The normalized spacial score (nSPS) is 19.5. The first kappa shape index (κ1) is 8.54. The van der Waals surface area contributed by atoms with Crippen molar-refractivity contribution in [1.82, 2.24) is 0 Å². The fourth-order valence-corrected chi connectivity index (χ4v) is 2.36. The minimum atomic E-state index is 0.177. The maximum atomic E-state index is 5.97. The van der Waals surface area contributed by atoms with Crippen molar-refractivity contribution in [1.29, 1.82) is 0 Å². The van der Waals surface area contributed by atoms with Crippen LogP contribution in [0, 0.1) is 0 Å². The Hall–Kier alpha value is -0.0500. The predicted molar refractivity (Wildman–Crippen MR) is 53.8 cm³/mol. The second-order valence-corrected chi connectivity index (χ2v) is 5.37. The van der Waals surface area contributed by atoms with Gasteiger partial charge in [0, 0.05) is 10.4 Å². The van der Waals surface area contributed by atoms with Gasteiger partial charge in [0.05, 0.1) is 4.34 Å². The van der Waals surface area contributed by atoms with Crippen LogP contribution >= 0.6 is 22.9 Å². The Morgan fingerprint density at radius 1 is 1.50 bits per heavy atom. The zero-order chi connectivity index (χ0) is 8.60. The highest BCUT2D eigenvalue weighted by Gasteiger charge is 2.37. The Morgan fingerprint density at radius 2 is 2.25 bits per heavy atom. The highest BCUT2D eigenvalue weighted by atomic mass is 35.5. The van der Waals surface area contributed by atoms with Crippen LogP contribution in [0.25, 0.3) is 0 Å². The SMILES string of the molecule is NC1(CCc2ccc(Cl)s2)CC1. The van der Waals surface area contributed by atoms with Gasteiger partial charge in [-0.25, -0.2) is 0 Å². The summed E-state index contributed by atoms with van der Waals surface area (Å²) in [7, 11) is 0. The molecule has 0 atom stereocenters. The topological polar surface area (TPSA) is 26.0 Å². The van der Waals surface area contributed by atoms with Crippen molar-refractivity contribution in [3.63, 3.8) is 0 Å². The molecule has 0 bridgehead atoms. The monoisotopic (exact) mass is 201 g/mol. The van der Waals surface area contributed by atoms with Crippen LogP contribution in [0.1, 0.15) is 24.1 Å². The van der Waals surface area contributed by atoms with E-state index in [0.717, 1.165) is 17.2 Å². The number of hydrogen-bond donors (Lipinski definition) is 1. The first-order chi connectivity index (χ1) is 5.68. The van der Waals surface area contributed by atoms with Gasteiger partial charge in [-0.1, -0.05) is 11.6 Å². The molecule has 1 aromatic rings. The van der Waals surface area contributed by atoms with Crippen LogP contribution in [-0.2, 0) is 6.42 Å². The van der Waals surface area contributed by atoms with Gasteiger partial charge in [0.25, 0.3) is 0 Å². The molecule has 1 nitrogen and oxygen atoms in total. The number of aryl methyl sites for hydroxylation is 1. The Bertz CT molecular complexity index is 278. The van der Waals surface area contributed by atoms with Crippen LogP contribution in [0.15, 0.2) is 12.1 Å². The molecular formula is C9H12ClNS. The summed E-state index contributed by atoms with van der Waals surface area (Å²) in [5.74, 6) is 0. The lowest BCUT2D eigenvalue weighted by molar-refractivity contribution is 0.612. The summed E-state index contributed by atoms with van der Waals surface area (Å²) in [6, 6.07) is 4.05. The van der Waals surface area contributed by atoms with Crippen LogP contribution in [0.2, 0.25) is 4.34 Å². The smallest absolute Gasteiger partial charge is 0.0931 e. The van der Waals surface area contributed by atoms with E-state index in [9.17, 15) is 0 Å². The van der Waals surface area contributed by atoms with Crippen molar-refractivity contribution in [3.8, 4) is 0 Å². The van der Waals surface area contributed by atoms with Crippen molar-refractivity contribution in [2.45, 2.75) is 31.2 Å². The lowest BCUT2D eigenvalue weighted by Gasteiger charge is -2.05. The molecule has 12 heavy (non-hydrogen) atoms. The Labute approximate surface area is 81.5 Å². The summed E-state index contributed by atoms with van der Waals surface area (Å²) < 4.78 is 0.881. The molecular weight excluding hydrogens is 190 g/mol. The highest BCUT2D eigenvalue weighted by molar-refractivity contribution is 7.16. The van der Waals surface area contributed by atoms with Crippen LogP contribution in [0.3, 0.4) is 0 Å². The number of rotatable bonds is 3. The molecule has 0 radical (unpaired) electrons. The third kappa shape index (κ3) is 2.00. The molecule has 0 aromatic carbocycles. The number of halogens is 1. The zero-order valence-electron chi connectivity index (χ0n) is 6.85. The molecule has 3 heteroatoms. The molecule has 2 rings (SSSR count). The molecule has 0 amide bonds. The molecule has 1 fully saturated rings. The van der Waals surface area contributed by atoms with E-state index in [0.29, 0.717) is 0 Å². The van der Waals surface area contributed by atoms with Gasteiger partial charge in [-0.15, -0.1) is 11.3 Å². The molecule has 0 spiro atoms. The summed E-state index contributed by atoms with van der Waals surface area (Å²) in [4.78, 5) is 1.36. The van der Waals surface area contributed by atoms with Gasteiger partial charge in [-0.05, 0) is 37.8 Å². The van der Waals surface area contributed by atoms with Gasteiger partial charge in [-0.3, -0.25) is 0 Å². The van der Waals surface area contributed by atoms with Gasteiger partial charge in [-0.2, -0.15) is 0 Å². The summed E-state index contributed by atoms with van der Waals surface area (Å²) in [6.45, 7) is 0. The second-order valence-electron chi connectivity index (χ2n) is 3.57. The van der Waals surface area contributed by atoms with Crippen LogP contribution in [0.5, 0.6) is 0 Å². The fourth-order valence-electron chi connectivity index (χ4n) is 1.27. The quantitative estimate of drug-likeness (QED) is 0.800. The third-order valence-corrected chi connectivity index (χ3v) is 3.68. The van der Waals surface area contributed by atoms with Gasteiger partial charge >= 0.3 is 0 Å². The van der Waals surface area contributed by atoms with E-state index in [-0.39, 0.29) is 5.54 Å². The van der Waals surface area contributed by atoms with Crippen LogP contribution in [0.4, 0.5) is 0 Å². The van der Waals surface area contributed by atoms with Crippen molar-refractivity contribution < 1.29 is 0 Å². The Balaban J connectivity index is 1.87. The average molecular weight is 202 g/mol. The maximum absolute atomic E-state index is 5.97. The highest BCUT2D eigenvalue weighted by Crippen LogP contribution is 2.37. The maximum Gasteiger partial charge on any atom is 0.0931 e. The third-order valence-electron chi connectivity index (χ3n) is 2.39. The molecule has 1 aromatic heterocycles. The largest absolute Gasteiger partial charge is 0.325 e. The standard InChI is InChI=1S/C9H12ClNS/c10-8-2-1-7(12-8)3-4-9(11)5-6-9/h1-2H,3-6,11H2. The van der Waals surface area contributed by atoms with E-state index < -0.39 is 0 Å². The van der Waals surface area contributed by atoms with E-state index in [1.54, 1.807) is 11.3 Å². The lowest BCUT2D eigenvalue weighted by atomic mass is 10.1.